The predicted octanol–water partition coefficient (Wildman–Crippen LogP) is 1.81. The van der Waals surface area contributed by atoms with E-state index in [1.807, 2.05) is 0 Å². The van der Waals surface area contributed by atoms with Crippen molar-refractivity contribution in [1.29, 1.82) is 0 Å². The summed E-state index contributed by atoms with van der Waals surface area (Å²) in [6.45, 7) is 1.92. The second kappa shape index (κ2) is 7.77. The number of aryl methyl sites for hydroxylation is 1. The van der Waals surface area contributed by atoms with Gasteiger partial charge in [0.1, 0.15) is 10.6 Å². The zero-order valence-corrected chi connectivity index (χ0v) is 19.3. The molecule has 1 aliphatic carbocycles. The van der Waals surface area contributed by atoms with E-state index in [0.717, 1.165) is 18.9 Å². The molecule has 1 aliphatic heterocycles. The summed E-state index contributed by atoms with van der Waals surface area (Å²) in [6, 6.07) is 2.25. The fourth-order valence-corrected chi connectivity index (χ4v) is 5.66. The average Bonchev–Trinajstić information content (AvgIpc) is 3.46. The molecule has 1 saturated carbocycles. The summed E-state index contributed by atoms with van der Waals surface area (Å²) in [6.07, 6.45) is -1.79. The minimum absolute atomic E-state index is 0.00127. The third-order valence-corrected chi connectivity index (χ3v) is 8.29. The van der Waals surface area contributed by atoms with Gasteiger partial charge < -0.3 is 4.90 Å². The molecule has 2 fully saturated rings. The second-order valence-electron chi connectivity index (χ2n) is 8.55. The molecule has 14 heteroatoms. The zero-order chi connectivity index (χ0) is 24.4. The summed E-state index contributed by atoms with van der Waals surface area (Å²) in [4.78, 5) is 18.8. The highest BCUT2D eigenvalue weighted by atomic mass is 32.2. The molecule has 1 amide bonds. The quantitative estimate of drug-likeness (QED) is 0.545. The van der Waals surface area contributed by atoms with Crippen molar-refractivity contribution in [1.82, 2.24) is 33.6 Å². The van der Waals surface area contributed by atoms with Gasteiger partial charge in [-0.25, -0.2) is 17.9 Å². The van der Waals surface area contributed by atoms with Crippen LogP contribution in [-0.4, -0.2) is 74.1 Å². The Bertz CT molecular complexity index is 1380. The highest BCUT2D eigenvalue weighted by molar-refractivity contribution is 7.89. The lowest BCUT2D eigenvalue weighted by Crippen LogP contribution is -2.50. The van der Waals surface area contributed by atoms with E-state index in [9.17, 15) is 26.4 Å². The number of carbonyl (C=O) groups excluding carboxylic acids is 1. The van der Waals surface area contributed by atoms with Gasteiger partial charge in [-0.15, -0.1) is 0 Å². The van der Waals surface area contributed by atoms with Crippen LogP contribution in [0.2, 0.25) is 0 Å². The molecule has 5 rings (SSSR count). The number of fused-ring (bicyclic) bond motifs is 1. The van der Waals surface area contributed by atoms with Crippen LogP contribution in [0.3, 0.4) is 0 Å². The SMILES string of the molecule is Cc1c(S(=O)(=O)N2CCN(C(=O)c3cc4nc(C5CC5)cc(C(F)(F)F)n4n3)CC2)cnn1C. The lowest BCUT2D eigenvalue weighted by atomic mass is 10.2. The third-order valence-electron chi connectivity index (χ3n) is 6.29. The molecule has 0 spiro atoms. The van der Waals surface area contributed by atoms with Crippen LogP contribution in [0.25, 0.3) is 5.65 Å². The van der Waals surface area contributed by atoms with E-state index in [0.29, 0.717) is 15.9 Å². The normalized spacial score (nSPS) is 18.1. The van der Waals surface area contributed by atoms with E-state index >= 15 is 0 Å². The predicted molar refractivity (Wildman–Crippen MR) is 113 cm³/mol. The minimum Gasteiger partial charge on any atom is -0.335 e. The zero-order valence-electron chi connectivity index (χ0n) is 18.4. The molecule has 0 aromatic carbocycles. The van der Waals surface area contributed by atoms with Crippen molar-refractivity contribution < 1.29 is 26.4 Å². The first kappa shape index (κ1) is 22.8. The number of nitrogens with zero attached hydrogens (tertiary/aromatic N) is 7. The van der Waals surface area contributed by atoms with Gasteiger partial charge in [0.25, 0.3) is 5.91 Å². The first-order valence-corrected chi connectivity index (χ1v) is 12.2. The van der Waals surface area contributed by atoms with Crippen molar-refractivity contribution in [2.24, 2.45) is 7.05 Å². The third kappa shape index (κ3) is 3.83. The summed E-state index contributed by atoms with van der Waals surface area (Å²) < 4.78 is 70.1. The summed E-state index contributed by atoms with van der Waals surface area (Å²) in [7, 11) is -2.13. The van der Waals surface area contributed by atoms with Crippen LogP contribution >= 0.6 is 0 Å². The highest BCUT2D eigenvalue weighted by Crippen LogP contribution is 2.41. The number of piperazine rings is 1. The van der Waals surface area contributed by atoms with Crippen molar-refractivity contribution in [3.05, 3.63) is 41.1 Å². The molecule has 0 atom stereocenters. The largest absolute Gasteiger partial charge is 0.433 e. The summed E-state index contributed by atoms with van der Waals surface area (Å²) in [5, 5.41) is 7.88. The number of sulfonamides is 1. The Hall–Kier alpha value is -3.00. The van der Waals surface area contributed by atoms with E-state index in [-0.39, 0.29) is 48.3 Å². The Balaban J connectivity index is 1.37. The van der Waals surface area contributed by atoms with Crippen LogP contribution in [-0.2, 0) is 23.2 Å². The maximum atomic E-state index is 13.6. The lowest BCUT2D eigenvalue weighted by molar-refractivity contribution is -0.142. The summed E-state index contributed by atoms with van der Waals surface area (Å²) in [5.41, 5.74) is -0.315. The number of hydrogen-bond acceptors (Lipinski definition) is 6. The Morgan fingerprint density at radius 2 is 1.79 bits per heavy atom. The molecule has 4 heterocycles. The van der Waals surface area contributed by atoms with E-state index in [1.54, 1.807) is 14.0 Å². The van der Waals surface area contributed by atoms with Crippen molar-refractivity contribution in [3.8, 4) is 0 Å². The molecule has 3 aromatic rings. The van der Waals surface area contributed by atoms with Crippen LogP contribution < -0.4 is 0 Å². The first-order chi connectivity index (χ1) is 16.0. The minimum atomic E-state index is -4.65. The van der Waals surface area contributed by atoms with Gasteiger partial charge in [-0.05, 0) is 25.8 Å². The lowest BCUT2D eigenvalue weighted by Gasteiger charge is -2.33. The fraction of sp³-hybridized carbons (Fsp3) is 0.500. The molecule has 0 radical (unpaired) electrons. The van der Waals surface area contributed by atoms with Gasteiger partial charge in [-0.1, -0.05) is 0 Å². The molecule has 0 N–H and O–H groups in total. The molecule has 1 saturated heterocycles. The molecular weight excluding hydrogens is 475 g/mol. The van der Waals surface area contributed by atoms with Gasteiger partial charge >= 0.3 is 6.18 Å². The fourth-order valence-electron chi connectivity index (χ4n) is 4.05. The molecule has 2 aliphatic rings. The van der Waals surface area contributed by atoms with Crippen LogP contribution in [0.1, 0.15) is 46.3 Å². The Morgan fingerprint density at radius 1 is 1.12 bits per heavy atom. The highest BCUT2D eigenvalue weighted by Gasteiger charge is 2.38. The number of hydrogen-bond donors (Lipinski definition) is 0. The number of carbonyl (C=O) groups is 1. The smallest absolute Gasteiger partial charge is 0.335 e. The van der Waals surface area contributed by atoms with Gasteiger partial charge in [-0.3, -0.25) is 9.48 Å². The molecule has 182 valence electrons. The maximum Gasteiger partial charge on any atom is 0.433 e. The summed E-state index contributed by atoms with van der Waals surface area (Å²) >= 11 is 0. The Morgan fingerprint density at radius 3 is 2.35 bits per heavy atom. The number of halogens is 3. The summed E-state index contributed by atoms with van der Waals surface area (Å²) in [5.74, 6) is -0.570. The number of aromatic nitrogens is 5. The molecular formula is C20H22F3N7O3S. The number of alkyl halides is 3. The molecule has 10 nitrogen and oxygen atoms in total. The van der Waals surface area contributed by atoms with Crippen LogP contribution in [0, 0.1) is 6.92 Å². The molecule has 0 bridgehead atoms. The van der Waals surface area contributed by atoms with Gasteiger partial charge in [0.05, 0.1) is 11.9 Å². The number of amides is 1. The Labute approximate surface area is 193 Å². The first-order valence-electron chi connectivity index (χ1n) is 10.7. The maximum absolute atomic E-state index is 13.6. The molecule has 3 aromatic heterocycles. The van der Waals surface area contributed by atoms with E-state index in [2.05, 4.69) is 15.2 Å². The van der Waals surface area contributed by atoms with E-state index in [1.165, 1.54) is 26.2 Å². The van der Waals surface area contributed by atoms with Crippen LogP contribution in [0.4, 0.5) is 13.2 Å². The Kier molecular flexibility index (Phi) is 5.20. The monoisotopic (exact) mass is 497 g/mol. The van der Waals surface area contributed by atoms with Gasteiger partial charge in [0.15, 0.2) is 11.3 Å². The number of rotatable bonds is 4. The van der Waals surface area contributed by atoms with Crippen molar-refractivity contribution in [2.75, 3.05) is 26.2 Å². The van der Waals surface area contributed by atoms with Crippen molar-refractivity contribution in [3.63, 3.8) is 0 Å². The van der Waals surface area contributed by atoms with Crippen LogP contribution in [0.15, 0.2) is 23.2 Å². The second-order valence-corrected chi connectivity index (χ2v) is 10.5. The van der Waals surface area contributed by atoms with Gasteiger partial charge in [0, 0.05) is 50.9 Å². The van der Waals surface area contributed by atoms with Crippen molar-refractivity contribution >= 4 is 21.6 Å². The van der Waals surface area contributed by atoms with Crippen molar-refractivity contribution in [2.45, 2.75) is 36.8 Å². The van der Waals surface area contributed by atoms with E-state index < -0.39 is 27.8 Å². The topological polar surface area (TPSA) is 106 Å². The molecule has 34 heavy (non-hydrogen) atoms. The molecule has 0 unspecified atom stereocenters. The van der Waals surface area contributed by atoms with Gasteiger partial charge in [-0.2, -0.15) is 27.7 Å². The standard InChI is InChI=1S/C20H22F3N7O3S/c1-12-16(11-24-27(12)2)34(32,33)29-7-5-28(6-8-29)19(31)15-10-18-25-14(13-3-4-13)9-17(20(21,22)23)30(18)26-15/h9-11,13H,3-8H2,1-2H3. The van der Waals surface area contributed by atoms with Gasteiger partial charge in [0.2, 0.25) is 10.0 Å². The van der Waals surface area contributed by atoms with E-state index in [4.69, 9.17) is 0 Å². The van der Waals surface area contributed by atoms with Crippen LogP contribution in [0.5, 0.6) is 0 Å². The average molecular weight is 498 g/mol.